The van der Waals surface area contributed by atoms with Crippen molar-refractivity contribution in [2.75, 3.05) is 25.9 Å². The van der Waals surface area contributed by atoms with E-state index >= 15 is 0 Å². The first kappa shape index (κ1) is 14.9. The second kappa shape index (κ2) is 6.81. The molecule has 0 aliphatic carbocycles. The lowest BCUT2D eigenvalue weighted by Gasteiger charge is -2.13. The maximum absolute atomic E-state index is 12.2. The first-order chi connectivity index (χ1) is 9.61. The number of halogens is 1. The molecule has 0 saturated carbocycles. The van der Waals surface area contributed by atoms with Gasteiger partial charge in [-0.15, -0.1) is 0 Å². The number of amides is 1. The van der Waals surface area contributed by atoms with Crippen LogP contribution in [-0.4, -0.2) is 32.1 Å². The van der Waals surface area contributed by atoms with E-state index in [0.717, 1.165) is 13.0 Å². The number of nitrogens with one attached hydrogen (secondary N) is 2. The summed E-state index contributed by atoms with van der Waals surface area (Å²) in [7, 11) is 1.50. The zero-order valence-electron chi connectivity index (χ0n) is 11.5. The van der Waals surface area contributed by atoms with Gasteiger partial charge in [0.05, 0.1) is 23.4 Å². The van der Waals surface area contributed by atoms with Gasteiger partial charge in [0.25, 0.3) is 5.91 Å². The number of nitrogen functional groups attached to an aromatic ring is 1. The van der Waals surface area contributed by atoms with E-state index in [1.54, 1.807) is 12.1 Å². The summed E-state index contributed by atoms with van der Waals surface area (Å²) in [6.07, 6.45) is 3.31. The highest BCUT2D eigenvalue weighted by Crippen LogP contribution is 2.28. The molecular weight excluding hydrogens is 278 g/mol. The summed E-state index contributed by atoms with van der Waals surface area (Å²) in [4.78, 5) is 12.2. The van der Waals surface area contributed by atoms with Crippen molar-refractivity contribution in [3.8, 4) is 5.75 Å². The summed E-state index contributed by atoms with van der Waals surface area (Å²) >= 11 is 5.95. The Kier molecular flexibility index (Phi) is 5.09. The van der Waals surface area contributed by atoms with Crippen molar-refractivity contribution in [1.82, 2.24) is 10.6 Å². The van der Waals surface area contributed by atoms with Gasteiger partial charge in [0.2, 0.25) is 0 Å². The van der Waals surface area contributed by atoms with Gasteiger partial charge in [-0.3, -0.25) is 4.79 Å². The van der Waals surface area contributed by atoms with Crippen LogP contribution in [-0.2, 0) is 0 Å². The fraction of sp³-hybridized carbons (Fsp3) is 0.500. The second-order valence-electron chi connectivity index (χ2n) is 4.91. The topological polar surface area (TPSA) is 76.4 Å². The fourth-order valence-corrected chi connectivity index (χ4v) is 2.54. The minimum Gasteiger partial charge on any atom is -0.496 e. The Hall–Kier alpha value is -1.46. The van der Waals surface area contributed by atoms with Gasteiger partial charge >= 0.3 is 0 Å². The lowest BCUT2D eigenvalue weighted by atomic mass is 10.1. The van der Waals surface area contributed by atoms with Crippen LogP contribution in [0, 0.1) is 0 Å². The molecular formula is C14H20ClN3O2. The number of anilines is 1. The number of nitrogens with two attached hydrogens (primary N) is 1. The first-order valence-corrected chi connectivity index (χ1v) is 7.14. The molecule has 20 heavy (non-hydrogen) atoms. The summed E-state index contributed by atoms with van der Waals surface area (Å²) in [5, 5.41) is 6.64. The minimum atomic E-state index is -0.193. The van der Waals surface area contributed by atoms with E-state index in [4.69, 9.17) is 22.1 Å². The number of ether oxygens (including phenoxy) is 1. The average molecular weight is 298 g/mol. The van der Waals surface area contributed by atoms with Gasteiger partial charge in [-0.05, 0) is 31.9 Å². The van der Waals surface area contributed by atoms with Crippen molar-refractivity contribution < 1.29 is 9.53 Å². The van der Waals surface area contributed by atoms with Crippen molar-refractivity contribution in [1.29, 1.82) is 0 Å². The molecule has 1 saturated heterocycles. The zero-order chi connectivity index (χ0) is 14.5. The van der Waals surface area contributed by atoms with Crippen molar-refractivity contribution in [3.05, 3.63) is 22.7 Å². The highest BCUT2D eigenvalue weighted by Gasteiger charge is 2.17. The summed E-state index contributed by atoms with van der Waals surface area (Å²) in [5.74, 6) is 0.241. The van der Waals surface area contributed by atoms with Crippen LogP contribution in [0.2, 0.25) is 5.02 Å². The van der Waals surface area contributed by atoms with Crippen LogP contribution >= 0.6 is 11.6 Å². The molecule has 1 fully saturated rings. The minimum absolute atomic E-state index is 0.193. The van der Waals surface area contributed by atoms with Crippen LogP contribution in [0.5, 0.6) is 5.75 Å². The Bertz CT molecular complexity index is 488. The van der Waals surface area contributed by atoms with Gasteiger partial charge in [-0.2, -0.15) is 0 Å². The third-order valence-electron chi connectivity index (χ3n) is 3.50. The molecule has 1 aliphatic rings. The Morgan fingerprint density at radius 3 is 3.05 bits per heavy atom. The smallest absolute Gasteiger partial charge is 0.255 e. The molecule has 0 spiro atoms. The largest absolute Gasteiger partial charge is 0.496 e. The second-order valence-corrected chi connectivity index (χ2v) is 5.32. The van der Waals surface area contributed by atoms with Crippen LogP contribution < -0.4 is 21.1 Å². The van der Waals surface area contributed by atoms with Crippen LogP contribution in [0.1, 0.15) is 29.6 Å². The molecule has 0 bridgehead atoms. The van der Waals surface area contributed by atoms with Gasteiger partial charge in [-0.1, -0.05) is 11.6 Å². The van der Waals surface area contributed by atoms with E-state index in [2.05, 4.69) is 10.6 Å². The Morgan fingerprint density at radius 1 is 1.60 bits per heavy atom. The molecule has 0 aromatic heterocycles. The molecule has 1 atom stereocenters. The molecule has 110 valence electrons. The molecule has 1 aliphatic heterocycles. The van der Waals surface area contributed by atoms with E-state index in [1.165, 1.54) is 20.0 Å². The van der Waals surface area contributed by atoms with Crippen molar-refractivity contribution in [3.63, 3.8) is 0 Å². The normalized spacial score (nSPS) is 18.0. The summed E-state index contributed by atoms with van der Waals surface area (Å²) in [6.45, 7) is 1.70. The molecule has 1 aromatic rings. The third-order valence-corrected chi connectivity index (χ3v) is 3.83. The third kappa shape index (κ3) is 3.55. The molecule has 1 amide bonds. The van der Waals surface area contributed by atoms with Crippen molar-refractivity contribution >= 4 is 23.2 Å². The zero-order valence-corrected chi connectivity index (χ0v) is 12.3. The van der Waals surface area contributed by atoms with Crippen molar-refractivity contribution in [2.45, 2.75) is 25.3 Å². The lowest BCUT2D eigenvalue weighted by molar-refractivity contribution is 0.0949. The summed E-state index contributed by atoms with van der Waals surface area (Å²) in [5.41, 5.74) is 6.50. The fourth-order valence-electron chi connectivity index (χ4n) is 2.37. The number of rotatable bonds is 5. The Balaban J connectivity index is 1.95. The maximum Gasteiger partial charge on any atom is 0.255 e. The molecule has 1 unspecified atom stereocenters. The first-order valence-electron chi connectivity index (χ1n) is 6.76. The predicted molar refractivity (Wildman–Crippen MR) is 80.4 cm³/mol. The van der Waals surface area contributed by atoms with E-state index in [9.17, 15) is 4.79 Å². The van der Waals surface area contributed by atoms with Crippen LogP contribution in [0.3, 0.4) is 0 Å². The SMILES string of the molecule is COc1cc(N)c(Cl)cc1C(=O)NCCC1CCCN1. The van der Waals surface area contributed by atoms with Crippen LogP contribution in [0.4, 0.5) is 5.69 Å². The van der Waals surface area contributed by atoms with Gasteiger partial charge in [0.1, 0.15) is 5.75 Å². The van der Waals surface area contributed by atoms with Gasteiger partial charge in [0, 0.05) is 18.7 Å². The monoisotopic (exact) mass is 297 g/mol. The van der Waals surface area contributed by atoms with Crippen molar-refractivity contribution in [2.24, 2.45) is 0 Å². The number of benzene rings is 1. The highest BCUT2D eigenvalue weighted by atomic mass is 35.5. The summed E-state index contributed by atoms with van der Waals surface area (Å²) < 4.78 is 5.17. The lowest BCUT2D eigenvalue weighted by Crippen LogP contribution is -2.30. The highest BCUT2D eigenvalue weighted by molar-refractivity contribution is 6.33. The van der Waals surface area contributed by atoms with E-state index in [1.807, 2.05) is 0 Å². The molecule has 1 heterocycles. The van der Waals surface area contributed by atoms with Gasteiger partial charge in [-0.25, -0.2) is 0 Å². The van der Waals surface area contributed by atoms with Crippen LogP contribution in [0.15, 0.2) is 12.1 Å². The number of hydrogen-bond donors (Lipinski definition) is 3. The predicted octanol–water partition coefficient (Wildman–Crippen LogP) is 1.80. The average Bonchev–Trinajstić information content (AvgIpc) is 2.94. The van der Waals surface area contributed by atoms with Gasteiger partial charge in [0.15, 0.2) is 0 Å². The summed E-state index contributed by atoms with van der Waals surface area (Å²) in [6, 6.07) is 3.61. The number of methoxy groups -OCH3 is 1. The number of carbonyl (C=O) groups is 1. The molecule has 5 nitrogen and oxygen atoms in total. The molecule has 6 heteroatoms. The molecule has 1 aromatic carbocycles. The van der Waals surface area contributed by atoms with Gasteiger partial charge < -0.3 is 21.1 Å². The van der Waals surface area contributed by atoms with E-state index < -0.39 is 0 Å². The number of hydrogen-bond acceptors (Lipinski definition) is 4. The Morgan fingerprint density at radius 2 is 2.40 bits per heavy atom. The molecule has 2 rings (SSSR count). The molecule has 0 radical (unpaired) electrons. The maximum atomic E-state index is 12.2. The number of carbonyl (C=O) groups excluding carboxylic acids is 1. The standard InChI is InChI=1S/C14H20ClN3O2/c1-20-13-8-12(16)11(15)7-10(13)14(19)18-6-4-9-3-2-5-17-9/h7-9,17H,2-6,16H2,1H3,(H,18,19). The van der Waals surface area contributed by atoms with Crippen LogP contribution in [0.25, 0.3) is 0 Å². The Labute approximate surface area is 123 Å². The quantitative estimate of drug-likeness (QED) is 0.724. The van der Waals surface area contributed by atoms with E-state index in [0.29, 0.717) is 34.6 Å². The van der Waals surface area contributed by atoms with E-state index in [-0.39, 0.29) is 5.91 Å². The molecule has 4 N–H and O–H groups in total.